The third-order valence-electron chi connectivity index (χ3n) is 8.08. The Bertz CT molecular complexity index is 1820. The molecule has 212 valence electrons. The number of halogens is 1. The zero-order valence-electron chi connectivity index (χ0n) is 22.5. The molecular weight excluding hydrogens is 562 g/mol. The van der Waals surface area contributed by atoms with Gasteiger partial charge in [0.15, 0.2) is 0 Å². The van der Waals surface area contributed by atoms with E-state index in [1.807, 2.05) is 48.5 Å². The molecule has 5 aromatic rings. The molecule has 0 aliphatic carbocycles. The highest BCUT2D eigenvalue weighted by Crippen LogP contribution is 2.46. The van der Waals surface area contributed by atoms with Crippen LogP contribution in [0.15, 0.2) is 64.3 Å². The summed E-state index contributed by atoms with van der Waals surface area (Å²) >= 11 is 1.28. The van der Waals surface area contributed by atoms with Crippen LogP contribution in [0.1, 0.15) is 24.3 Å². The number of rotatable bonds is 7. The van der Waals surface area contributed by atoms with Gasteiger partial charge in [0, 0.05) is 42.6 Å². The number of unbranched alkanes of at least 4 members (excludes halogenated alkanes) is 1. The van der Waals surface area contributed by atoms with E-state index >= 15 is 0 Å². The molecular formula is C30H29ClN5O4S-. The summed E-state index contributed by atoms with van der Waals surface area (Å²) in [6.07, 6.45) is 3.33. The number of H-pyrrole nitrogens is 1. The molecule has 41 heavy (non-hydrogen) atoms. The van der Waals surface area contributed by atoms with Gasteiger partial charge in [0.05, 0.1) is 31.1 Å². The number of fused-ring (bicyclic) bond motifs is 6. The number of hydrogen-bond donors (Lipinski definition) is 1. The highest BCUT2D eigenvalue weighted by atomic mass is 35.5. The Labute approximate surface area is 246 Å². The maximum absolute atomic E-state index is 13.3. The van der Waals surface area contributed by atoms with Gasteiger partial charge in [-0.3, -0.25) is 9.36 Å². The molecule has 0 radical (unpaired) electrons. The van der Waals surface area contributed by atoms with E-state index in [0.717, 1.165) is 56.1 Å². The standard InChI is InChI=1S/C30H29N5O4S.ClH/c1-38-22-10-7-11-23-24(22)20-16-34(15-19(20)17-39-23)12-5-6-13-35-29(36)27-25(33-30(35)37)26-28(40-27)31-14-21(32-26)18-8-3-2-4-9-18;/h2-4,7-11,14,19-20H,5-6,12-13,15-17H2,1H3,(H,33,37);1H/p-1. The Morgan fingerprint density at radius 3 is 2.73 bits per heavy atom. The van der Waals surface area contributed by atoms with Crippen molar-refractivity contribution in [2.75, 3.05) is 33.4 Å². The van der Waals surface area contributed by atoms with E-state index in [4.69, 9.17) is 14.5 Å². The number of aromatic amines is 1. The summed E-state index contributed by atoms with van der Waals surface area (Å²) in [5.41, 5.74) is 3.15. The fraction of sp³-hybridized carbons (Fsp3) is 0.333. The van der Waals surface area contributed by atoms with Crippen LogP contribution in [0.5, 0.6) is 11.5 Å². The SMILES string of the molecule is COc1cccc2c1C1CN(CCCCn3c(=O)[nH]c4c(sc5ncc(-c6ccccc6)nc54)c3=O)CC1CO2.[Cl-]. The van der Waals surface area contributed by atoms with Gasteiger partial charge in [0.1, 0.15) is 26.5 Å². The molecule has 1 fully saturated rings. The van der Waals surface area contributed by atoms with Gasteiger partial charge in [-0.15, -0.1) is 11.3 Å². The minimum Gasteiger partial charge on any atom is -1.00 e. The van der Waals surface area contributed by atoms with Gasteiger partial charge < -0.3 is 31.8 Å². The summed E-state index contributed by atoms with van der Waals surface area (Å²) in [4.78, 5) is 41.6. The van der Waals surface area contributed by atoms with Crippen molar-refractivity contribution in [2.45, 2.75) is 25.3 Å². The number of aromatic nitrogens is 4. The van der Waals surface area contributed by atoms with Crippen molar-refractivity contribution in [1.82, 2.24) is 24.4 Å². The Balaban J connectivity index is 0.00000302. The van der Waals surface area contributed by atoms with Gasteiger partial charge in [0.2, 0.25) is 0 Å². The van der Waals surface area contributed by atoms with Gasteiger partial charge in [0.25, 0.3) is 5.56 Å². The minimum atomic E-state index is -0.405. The molecule has 2 atom stereocenters. The number of hydrogen-bond acceptors (Lipinski definition) is 8. The number of likely N-dealkylation sites (tertiary alicyclic amines) is 1. The molecule has 3 aromatic heterocycles. The zero-order chi connectivity index (χ0) is 27.2. The van der Waals surface area contributed by atoms with E-state index in [1.165, 1.54) is 21.5 Å². The molecule has 0 spiro atoms. The van der Waals surface area contributed by atoms with Crippen LogP contribution in [0.4, 0.5) is 0 Å². The normalized spacial score (nSPS) is 18.1. The van der Waals surface area contributed by atoms with Crippen LogP contribution in [0.2, 0.25) is 0 Å². The summed E-state index contributed by atoms with van der Waals surface area (Å²) in [5, 5.41) is 0. The third kappa shape index (κ3) is 4.90. The van der Waals surface area contributed by atoms with Crippen molar-refractivity contribution in [3.8, 4) is 22.8 Å². The summed E-state index contributed by atoms with van der Waals surface area (Å²) < 4.78 is 13.5. The third-order valence-corrected chi connectivity index (χ3v) is 9.15. The Hall–Kier alpha value is -3.73. The lowest BCUT2D eigenvalue weighted by Crippen LogP contribution is -3.00. The first-order valence-electron chi connectivity index (χ1n) is 13.6. The fourth-order valence-corrected chi connectivity index (χ4v) is 7.10. The van der Waals surface area contributed by atoms with Crippen LogP contribution in [0.3, 0.4) is 0 Å². The maximum atomic E-state index is 13.3. The van der Waals surface area contributed by atoms with E-state index in [-0.39, 0.29) is 18.0 Å². The molecule has 11 heteroatoms. The minimum absolute atomic E-state index is 0. The van der Waals surface area contributed by atoms with Crippen LogP contribution >= 0.6 is 11.3 Å². The lowest BCUT2D eigenvalue weighted by atomic mass is 9.86. The highest BCUT2D eigenvalue weighted by molar-refractivity contribution is 7.25. The summed E-state index contributed by atoms with van der Waals surface area (Å²) in [6.45, 7) is 3.93. The second kappa shape index (κ2) is 11.3. The molecule has 0 amide bonds. The predicted molar refractivity (Wildman–Crippen MR) is 156 cm³/mol. The van der Waals surface area contributed by atoms with Crippen LogP contribution in [0, 0.1) is 5.92 Å². The van der Waals surface area contributed by atoms with Crippen LogP contribution in [0.25, 0.3) is 31.8 Å². The second-order valence-corrected chi connectivity index (χ2v) is 11.5. The number of benzene rings is 2. The average molecular weight is 591 g/mol. The number of methoxy groups -OCH3 is 1. The van der Waals surface area contributed by atoms with Gasteiger partial charge in [-0.2, -0.15) is 0 Å². The molecule has 7 rings (SSSR count). The largest absolute Gasteiger partial charge is 1.00 e. The van der Waals surface area contributed by atoms with Gasteiger partial charge in [-0.1, -0.05) is 36.4 Å². The predicted octanol–water partition coefficient (Wildman–Crippen LogP) is 1.26. The Morgan fingerprint density at radius 2 is 1.90 bits per heavy atom. The van der Waals surface area contributed by atoms with Crippen molar-refractivity contribution in [3.63, 3.8) is 0 Å². The molecule has 9 nitrogen and oxygen atoms in total. The Morgan fingerprint density at radius 1 is 1.07 bits per heavy atom. The first-order chi connectivity index (χ1) is 19.6. The topological polar surface area (TPSA) is 102 Å². The van der Waals surface area contributed by atoms with Crippen LogP contribution < -0.4 is 33.1 Å². The molecule has 2 aliphatic heterocycles. The van der Waals surface area contributed by atoms with E-state index in [1.54, 1.807) is 13.3 Å². The summed E-state index contributed by atoms with van der Waals surface area (Å²) in [7, 11) is 1.71. The highest BCUT2D eigenvalue weighted by Gasteiger charge is 2.40. The van der Waals surface area contributed by atoms with Gasteiger partial charge in [-0.25, -0.2) is 14.8 Å². The zero-order valence-corrected chi connectivity index (χ0v) is 24.1. The van der Waals surface area contributed by atoms with Crippen molar-refractivity contribution in [2.24, 2.45) is 5.92 Å². The summed E-state index contributed by atoms with van der Waals surface area (Å²) in [5.74, 6) is 2.66. The van der Waals surface area contributed by atoms with Crippen LogP contribution in [-0.2, 0) is 6.54 Å². The van der Waals surface area contributed by atoms with Crippen molar-refractivity contribution < 1.29 is 21.9 Å². The first-order valence-corrected chi connectivity index (χ1v) is 14.4. The van der Waals surface area contributed by atoms with E-state index in [9.17, 15) is 9.59 Å². The molecule has 5 heterocycles. The second-order valence-electron chi connectivity index (χ2n) is 10.5. The van der Waals surface area contributed by atoms with Crippen molar-refractivity contribution in [3.05, 3.63) is 81.1 Å². The monoisotopic (exact) mass is 590 g/mol. The molecule has 1 N–H and O–H groups in total. The quantitative estimate of drug-likeness (QED) is 0.285. The van der Waals surface area contributed by atoms with Crippen molar-refractivity contribution in [1.29, 1.82) is 0 Å². The number of nitrogens with zero attached hydrogens (tertiary/aromatic N) is 4. The van der Waals surface area contributed by atoms with Gasteiger partial charge in [-0.05, 0) is 31.5 Å². The molecule has 0 bridgehead atoms. The molecule has 1 saturated heterocycles. The lowest BCUT2D eigenvalue weighted by Gasteiger charge is -2.29. The number of ether oxygens (including phenoxy) is 2. The smallest absolute Gasteiger partial charge is 0.328 e. The number of nitrogens with one attached hydrogen (secondary N) is 1. The lowest BCUT2D eigenvalue weighted by molar-refractivity contribution is -0.00000887. The Kier molecular flexibility index (Phi) is 7.54. The van der Waals surface area contributed by atoms with E-state index in [2.05, 4.69) is 14.9 Å². The molecule has 2 aliphatic rings. The number of thiophene rings is 1. The van der Waals surface area contributed by atoms with Gasteiger partial charge >= 0.3 is 5.69 Å². The first kappa shape index (κ1) is 27.4. The molecule has 0 saturated carbocycles. The average Bonchev–Trinajstić information content (AvgIpc) is 3.58. The van der Waals surface area contributed by atoms with Crippen LogP contribution in [-0.4, -0.2) is 57.8 Å². The summed E-state index contributed by atoms with van der Waals surface area (Å²) in [6, 6.07) is 15.7. The molecule has 2 unspecified atom stereocenters. The van der Waals surface area contributed by atoms with E-state index < -0.39 is 5.69 Å². The van der Waals surface area contributed by atoms with Crippen molar-refractivity contribution >= 4 is 31.9 Å². The maximum Gasteiger partial charge on any atom is 0.328 e. The molecule has 2 aromatic carbocycles. The van der Waals surface area contributed by atoms with E-state index in [0.29, 0.717) is 44.6 Å². The fourth-order valence-electron chi connectivity index (χ4n) is 6.11.